The Bertz CT molecular complexity index is 1040. The number of H-pyrrole nitrogens is 1. The van der Waals surface area contributed by atoms with Crippen molar-refractivity contribution in [2.24, 2.45) is 0 Å². The SMILES string of the molecule is Cc1cc(C)n(CC(=O)Nc2ccc(-c3nc4ccccc4[nH]3)cc2)n1. The van der Waals surface area contributed by atoms with Crippen LogP contribution in [0.25, 0.3) is 22.4 Å². The highest BCUT2D eigenvalue weighted by atomic mass is 16.2. The van der Waals surface area contributed by atoms with E-state index in [1.807, 2.05) is 68.4 Å². The molecule has 4 aromatic rings. The number of hydrogen-bond acceptors (Lipinski definition) is 3. The lowest BCUT2D eigenvalue weighted by Gasteiger charge is -2.07. The van der Waals surface area contributed by atoms with Crippen molar-refractivity contribution in [3.63, 3.8) is 0 Å². The van der Waals surface area contributed by atoms with Crippen molar-refractivity contribution in [2.75, 3.05) is 5.32 Å². The number of carbonyl (C=O) groups excluding carboxylic acids is 1. The van der Waals surface area contributed by atoms with Gasteiger partial charge in [-0.15, -0.1) is 0 Å². The van der Waals surface area contributed by atoms with E-state index in [4.69, 9.17) is 0 Å². The Labute approximate surface area is 150 Å². The lowest BCUT2D eigenvalue weighted by Crippen LogP contribution is -2.20. The second-order valence-corrected chi connectivity index (χ2v) is 6.31. The molecule has 0 aliphatic rings. The zero-order valence-corrected chi connectivity index (χ0v) is 14.7. The van der Waals surface area contributed by atoms with E-state index in [0.29, 0.717) is 0 Å². The number of rotatable bonds is 4. The highest BCUT2D eigenvalue weighted by Gasteiger charge is 2.09. The molecule has 0 bridgehead atoms. The lowest BCUT2D eigenvalue weighted by molar-refractivity contribution is -0.116. The third kappa shape index (κ3) is 3.21. The highest BCUT2D eigenvalue weighted by molar-refractivity contribution is 5.90. The van der Waals surface area contributed by atoms with Crippen molar-refractivity contribution in [3.05, 3.63) is 66.0 Å². The molecular weight excluding hydrogens is 326 g/mol. The fourth-order valence-corrected chi connectivity index (χ4v) is 2.97. The highest BCUT2D eigenvalue weighted by Crippen LogP contribution is 2.22. The summed E-state index contributed by atoms with van der Waals surface area (Å²) in [6.45, 7) is 4.05. The Balaban J connectivity index is 1.47. The molecule has 6 nitrogen and oxygen atoms in total. The third-order valence-electron chi connectivity index (χ3n) is 4.23. The van der Waals surface area contributed by atoms with Crippen molar-refractivity contribution in [1.82, 2.24) is 19.7 Å². The van der Waals surface area contributed by atoms with E-state index in [-0.39, 0.29) is 12.5 Å². The first-order valence-electron chi connectivity index (χ1n) is 8.44. The van der Waals surface area contributed by atoms with Gasteiger partial charge in [-0.05, 0) is 56.3 Å². The van der Waals surface area contributed by atoms with Gasteiger partial charge in [-0.1, -0.05) is 12.1 Å². The molecule has 2 N–H and O–H groups in total. The first-order chi connectivity index (χ1) is 12.6. The van der Waals surface area contributed by atoms with Crippen LogP contribution in [-0.2, 0) is 11.3 Å². The Morgan fingerprint density at radius 1 is 1.12 bits per heavy atom. The number of aryl methyl sites for hydroxylation is 2. The zero-order chi connectivity index (χ0) is 18.1. The van der Waals surface area contributed by atoms with Gasteiger partial charge in [0, 0.05) is 16.9 Å². The second kappa shape index (κ2) is 6.48. The second-order valence-electron chi connectivity index (χ2n) is 6.31. The minimum atomic E-state index is -0.104. The molecule has 2 heterocycles. The average molecular weight is 345 g/mol. The Hall–Kier alpha value is -3.41. The van der Waals surface area contributed by atoms with E-state index in [1.54, 1.807) is 4.68 Å². The molecule has 0 aliphatic carbocycles. The predicted molar refractivity (Wildman–Crippen MR) is 102 cm³/mol. The summed E-state index contributed by atoms with van der Waals surface area (Å²) in [5, 5.41) is 7.21. The number of nitrogens with zero attached hydrogens (tertiary/aromatic N) is 3. The molecule has 0 spiro atoms. The van der Waals surface area contributed by atoms with Gasteiger partial charge in [-0.25, -0.2) is 4.98 Å². The van der Waals surface area contributed by atoms with Crippen LogP contribution < -0.4 is 5.32 Å². The molecule has 4 rings (SSSR count). The first kappa shape index (κ1) is 16.1. The van der Waals surface area contributed by atoms with Gasteiger partial charge in [0.25, 0.3) is 0 Å². The van der Waals surface area contributed by atoms with E-state index < -0.39 is 0 Å². The topological polar surface area (TPSA) is 75.6 Å². The van der Waals surface area contributed by atoms with Crippen LogP contribution >= 0.6 is 0 Å². The molecule has 26 heavy (non-hydrogen) atoms. The van der Waals surface area contributed by atoms with Crippen molar-refractivity contribution in [3.8, 4) is 11.4 Å². The normalized spacial score (nSPS) is 11.0. The maximum atomic E-state index is 12.2. The standard InChI is InChI=1S/C20H19N5O/c1-13-11-14(2)25(24-13)12-19(26)21-16-9-7-15(8-10-16)20-22-17-5-3-4-6-18(17)23-20/h3-11H,12H2,1-2H3,(H,21,26)(H,22,23). The summed E-state index contributed by atoms with van der Waals surface area (Å²) >= 11 is 0. The Kier molecular flexibility index (Phi) is 4.01. The molecular formula is C20H19N5O. The number of hydrogen-bond donors (Lipinski definition) is 2. The predicted octanol–water partition coefficient (Wildman–Crippen LogP) is 3.68. The fraction of sp³-hybridized carbons (Fsp3) is 0.150. The maximum Gasteiger partial charge on any atom is 0.246 e. The number of fused-ring (bicyclic) bond motifs is 1. The molecule has 0 radical (unpaired) electrons. The van der Waals surface area contributed by atoms with Crippen molar-refractivity contribution >= 4 is 22.6 Å². The van der Waals surface area contributed by atoms with Gasteiger partial charge in [-0.2, -0.15) is 5.10 Å². The number of para-hydroxylation sites is 2. The van der Waals surface area contributed by atoms with E-state index in [2.05, 4.69) is 20.4 Å². The summed E-state index contributed by atoms with van der Waals surface area (Å²) in [7, 11) is 0. The molecule has 130 valence electrons. The number of anilines is 1. The lowest BCUT2D eigenvalue weighted by atomic mass is 10.2. The van der Waals surface area contributed by atoms with Crippen LogP contribution in [0, 0.1) is 13.8 Å². The van der Waals surface area contributed by atoms with Crippen LogP contribution in [0.4, 0.5) is 5.69 Å². The van der Waals surface area contributed by atoms with Gasteiger partial charge >= 0.3 is 0 Å². The quantitative estimate of drug-likeness (QED) is 0.592. The molecule has 0 unspecified atom stereocenters. The van der Waals surface area contributed by atoms with E-state index in [1.165, 1.54) is 0 Å². The van der Waals surface area contributed by atoms with Gasteiger partial charge in [-0.3, -0.25) is 9.48 Å². The van der Waals surface area contributed by atoms with Crippen LogP contribution in [0.1, 0.15) is 11.4 Å². The largest absolute Gasteiger partial charge is 0.338 e. The third-order valence-corrected chi connectivity index (χ3v) is 4.23. The molecule has 0 fully saturated rings. The number of nitrogens with one attached hydrogen (secondary N) is 2. The fourth-order valence-electron chi connectivity index (χ4n) is 2.97. The summed E-state index contributed by atoms with van der Waals surface area (Å²) < 4.78 is 1.70. The number of amides is 1. The number of carbonyl (C=O) groups is 1. The van der Waals surface area contributed by atoms with E-state index >= 15 is 0 Å². The molecule has 2 aromatic carbocycles. The monoisotopic (exact) mass is 345 g/mol. The van der Waals surface area contributed by atoms with Crippen LogP contribution in [0.5, 0.6) is 0 Å². The van der Waals surface area contributed by atoms with Crippen molar-refractivity contribution in [1.29, 1.82) is 0 Å². The van der Waals surface area contributed by atoms with Gasteiger partial charge < -0.3 is 10.3 Å². The summed E-state index contributed by atoms with van der Waals surface area (Å²) in [4.78, 5) is 20.1. The Morgan fingerprint density at radius 3 is 2.58 bits per heavy atom. The van der Waals surface area contributed by atoms with E-state index in [0.717, 1.165) is 39.5 Å². The molecule has 0 atom stereocenters. The van der Waals surface area contributed by atoms with Crippen LogP contribution in [0.2, 0.25) is 0 Å². The minimum absolute atomic E-state index is 0.104. The van der Waals surface area contributed by atoms with Gasteiger partial charge in [0.1, 0.15) is 12.4 Å². The number of aromatic amines is 1. The van der Waals surface area contributed by atoms with Crippen LogP contribution in [0.3, 0.4) is 0 Å². The van der Waals surface area contributed by atoms with Crippen molar-refractivity contribution in [2.45, 2.75) is 20.4 Å². The summed E-state index contributed by atoms with van der Waals surface area (Å²) in [5.41, 5.74) is 5.53. The molecule has 2 aromatic heterocycles. The molecule has 0 aliphatic heterocycles. The number of benzene rings is 2. The molecule has 0 saturated heterocycles. The average Bonchev–Trinajstić information content (AvgIpc) is 3.18. The summed E-state index contributed by atoms with van der Waals surface area (Å²) in [6.07, 6.45) is 0. The maximum absolute atomic E-state index is 12.2. The number of imidazole rings is 1. The molecule has 0 saturated carbocycles. The van der Waals surface area contributed by atoms with Gasteiger partial charge in [0.05, 0.1) is 16.7 Å². The smallest absolute Gasteiger partial charge is 0.246 e. The van der Waals surface area contributed by atoms with E-state index in [9.17, 15) is 4.79 Å². The minimum Gasteiger partial charge on any atom is -0.338 e. The van der Waals surface area contributed by atoms with Crippen molar-refractivity contribution < 1.29 is 4.79 Å². The zero-order valence-electron chi connectivity index (χ0n) is 14.7. The van der Waals surface area contributed by atoms with Gasteiger partial charge in [0.2, 0.25) is 5.91 Å². The van der Waals surface area contributed by atoms with Crippen LogP contribution in [-0.4, -0.2) is 25.7 Å². The molecule has 6 heteroatoms. The summed E-state index contributed by atoms with van der Waals surface area (Å²) in [6, 6.07) is 17.5. The van der Waals surface area contributed by atoms with Gasteiger partial charge in [0.15, 0.2) is 0 Å². The molecule has 1 amide bonds. The Morgan fingerprint density at radius 2 is 1.88 bits per heavy atom. The first-order valence-corrected chi connectivity index (χ1v) is 8.44. The summed E-state index contributed by atoms with van der Waals surface area (Å²) in [5.74, 6) is 0.708. The van der Waals surface area contributed by atoms with Crippen LogP contribution in [0.15, 0.2) is 54.6 Å². The number of aromatic nitrogens is 4.